The zero-order valence-corrected chi connectivity index (χ0v) is 27.5. The van der Waals surface area contributed by atoms with Gasteiger partial charge in [-0.05, 0) is 48.7 Å². The number of nitrogens with zero attached hydrogens (tertiary/aromatic N) is 2. The molecule has 0 aliphatic carbocycles. The number of aromatic nitrogens is 1. The molecule has 0 radical (unpaired) electrons. The molecule has 242 valence electrons. The molecule has 0 bridgehead atoms. The minimum atomic E-state index is -0.883. The Kier molecular flexibility index (Phi) is 8.36. The number of hydrogen-bond acceptors (Lipinski definition) is 9. The second-order valence-electron chi connectivity index (χ2n) is 11.3. The lowest BCUT2D eigenvalue weighted by Crippen LogP contribution is -2.33. The lowest BCUT2D eigenvalue weighted by Gasteiger charge is -2.31. The van der Waals surface area contributed by atoms with Gasteiger partial charge in [-0.15, -0.1) is 0 Å². The van der Waals surface area contributed by atoms with Gasteiger partial charge < -0.3 is 14.8 Å². The van der Waals surface area contributed by atoms with Gasteiger partial charge >= 0.3 is 10.8 Å². The topological polar surface area (TPSA) is 124 Å². The first-order chi connectivity index (χ1) is 23.3. The fourth-order valence-corrected chi connectivity index (χ4v) is 9.16. The first-order valence-corrected chi connectivity index (χ1v) is 17.0. The summed E-state index contributed by atoms with van der Waals surface area (Å²) in [6.07, 6.45) is 0. The summed E-state index contributed by atoms with van der Waals surface area (Å²) < 4.78 is 12.1. The van der Waals surface area contributed by atoms with Crippen LogP contribution in [0.3, 0.4) is 0 Å². The number of esters is 1. The third-order valence-electron chi connectivity index (χ3n) is 8.53. The second-order valence-corrected chi connectivity index (χ2v) is 13.4. The average Bonchev–Trinajstić information content (AvgIpc) is 3.54. The Hall–Kier alpha value is -5.20. The molecule has 48 heavy (non-hydrogen) atoms. The molecule has 1 N–H and O–H groups in total. The van der Waals surface area contributed by atoms with E-state index >= 15 is 0 Å². The number of thiazole rings is 1. The molecule has 2 unspecified atom stereocenters. The number of para-hydroxylation sites is 1. The first-order valence-electron chi connectivity index (χ1n) is 15.3. The maximum atomic E-state index is 14.3. The van der Waals surface area contributed by atoms with Gasteiger partial charge in [-0.25, -0.2) is 9.69 Å². The van der Waals surface area contributed by atoms with Crippen LogP contribution in [0.25, 0.3) is 10.8 Å². The van der Waals surface area contributed by atoms with Crippen molar-refractivity contribution in [1.82, 2.24) is 4.57 Å². The van der Waals surface area contributed by atoms with Crippen LogP contribution in [0.2, 0.25) is 0 Å². The minimum absolute atomic E-state index is 0.217. The Morgan fingerprint density at radius 1 is 0.875 bits per heavy atom. The molecule has 3 amide bonds. The number of rotatable bonds is 8. The summed E-state index contributed by atoms with van der Waals surface area (Å²) in [7, 11) is 1.53. The van der Waals surface area contributed by atoms with Gasteiger partial charge in [0, 0.05) is 27.4 Å². The average molecular weight is 680 g/mol. The molecule has 12 heteroatoms. The standard InChI is InChI=1S/C36H29N3O7S2/c1-3-46-35(43)21-15-17-22(18-16-21)39-32(41)29-28(24-12-6-7-14-26(24)45-2)31-34(47-30(29)33(39)42)38(36(44)48-31)19-27(40)37-25-13-8-10-20-9-4-5-11-23(20)25/h4-18,28-30H,3,19H2,1-2H3,(H,37,40)/t28-,29?,30?/m1/s1. The van der Waals surface area contributed by atoms with E-state index in [2.05, 4.69) is 5.32 Å². The van der Waals surface area contributed by atoms with Gasteiger partial charge in [-0.1, -0.05) is 77.7 Å². The summed E-state index contributed by atoms with van der Waals surface area (Å²) in [5, 5.41) is 4.36. The Morgan fingerprint density at radius 2 is 1.60 bits per heavy atom. The molecule has 3 atom stereocenters. The third kappa shape index (κ3) is 5.36. The number of carbonyl (C=O) groups excluding carboxylic acids is 4. The predicted molar refractivity (Wildman–Crippen MR) is 184 cm³/mol. The van der Waals surface area contributed by atoms with Gasteiger partial charge in [0.05, 0.1) is 35.9 Å². The van der Waals surface area contributed by atoms with E-state index in [1.807, 2.05) is 54.6 Å². The number of carbonyl (C=O) groups is 4. The van der Waals surface area contributed by atoms with Gasteiger partial charge in [0.2, 0.25) is 17.7 Å². The molecule has 7 rings (SSSR count). The fraction of sp³-hybridized carbons (Fsp3) is 0.194. The molecule has 2 aliphatic heterocycles. The maximum Gasteiger partial charge on any atom is 0.338 e. The van der Waals surface area contributed by atoms with E-state index in [0.29, 0.717) is 38.2 Å². The molecule has 0 saturated carbocycles. The number of methoxy groups -OCH3 is 1. The third-order valence-corrected chi connectivity index (χ3v) is 11.1. The van der Waals surface area contributed by atoms with Crippen molar-refractivity contribution < 1.29 is 28.7 Å². The summed E-state index contributed by atoms with van der Waals surface area (Å²) in [6, 6.07) is 26.6. The largest absolute Gasteiger partial charge is 0.496 e. The smallest absolute Gasteiger partial charge is 0.338 e. The van der Waals surface area contributed by atoms with E-state index in [1.165, 1.54) is 23.8 Å². The van der Waals surface area contributed by atoms with Crippen LogP contribution in [0.1, 0.15) is 33.6 Å². The number of fused-ring (bicyclic) bond motifs is 3. The van der Waals surface area contributed by atoms with Crippen molar-refractivity contribution in [2.24, 2.45) is 5.92 Å². The van der Waals surface area contributed by atoms with Crippen LogP contribution in [-0.4, -0.2) is 47.2 Å². The number of thioether (sulfide) groups is 1. The van der Waals surface area contributed by atoms with Crippen LogP contribution in [0.4, 0.5) is 11.4 Å². The molecule has 1 fully saturated rings. The number of imide groups is 1. The molecular weight excluding hydrogens is 651 g/mol. The van der Waals surface area contributed by atoms with E-state index in [-0.39, 0.29) is 18.0 Å². The molecule has 1 saturated heterocycles. The molecule has 5 aromatic rings. The summed E-state index contributed by atoms with van der Waals surface area (Å²) in [5.74, 6) is -2.82. The zero-order valence-electron chi connectivity index (χ0n) is 25.9. The number of hydrogen-bond donors (Lipinski definition) is 1. The number of nitrogens with one attached hydrogen (secondary N) is 1. The van der Waals surface area contributed by atoms with Crippen molar-refractivity contribution in [1.29, 1.82) is 0 Å². The summed E-state index contributed by atoms with van der Waals surface area (Å²) in [4.78, 5) is 69.0. The van der Waals surface area contributed by atoms with Gasteiger partial charge in [-0.3, -0.25) is 23.7 Å². The van der Waals surface area contributed by atoms with Crippen LogP contribution < -0.4 is 19.8 Å². The molecule has 0 spiro atoms. The van der Waals surface area contributed by atoms with Crippen LogP contribution in [0.5, 0.6) is 5.75 Å². The number of amides is 3. The van der Waals surface area contributed by atoms with E-state index in [0.717, 1.165) is 38.8 Å². The Bertz CT molecular complexity index is 2150. The molecule has 2 aliphatic rings. The predicted octanol–water partition coefficient (Wildman–Crippen LogP) is 5.68. The number of ether oxygens (including phenoxy) is 2. The number of benzene rings is 4. The highest BCUT2D eigenvalue weighted by Gasteiger charge is 2.57. The molecular formula is C36H29N3O7S2. The van der Waals surface area contributed by atoms with Crippen LogP contribution in [0, 0.1) is 5.92 Å². The highest BCUT2D eigenvalue weighted by atomic mass is 32.2. The van der Waals surface area contributed by atoms with Crippen LogP contribution in [-0.2, 0) is 25.7 Å². The SMILES string of the molecule is CCOC(=O)c1ccc(N2C(=O)C3Sc4c(sc(=O)n4CC(=O)Nc4cccc5ccccc45)[C@H](c4ccccc4OC)C3C2=O)cc1. The van der Waals surface area contributed by atoms with Gasteiger partial charge in [0.15, 0.2) is 0 Å². The summed E-state index contributed by atoms with van der Waals surface area (Å²) >= 11 is 2.10. The Balaban J connectivity index is 1.26. The molecule has 4 aromatic carbocycles. The Morgan fingerprint density at radius 3 is 2.38 bits per heavy atom. The van der Waals surface area contributed by atoms with Gasteiger partial charge in [-0.2, -0.15) is 0 Å². The number of anilines is 2. The monoisotopic (exact) mass is 679 g/mol. The highest BCUT2D eigenvalue weighted by Crippen LogP contribution is 2.55. The Labute approximate surface area is 283 Å². The van der Waals surface area contributed by atoms with Crippen molar-refractivity contribution in [2.45, 2.75) is 29.7 Å². The van der Waals surface area contributed by atoms with Crippen molar-refractivity contribution in [3.63, 3.8) is 0 Å². The zero-order chi connectivity index (χ0) is 33.5. The second kappa shape index (κ2) is 12.8. The van der Waals surface area contributed by atoms with Crippen molar-refractivity contribution in [3.8, 4) is 5.75 Å². The van der Waals surface area contributed by atoms with E-state index in [9.17, 15) is 24.0 Å². The first kappa shape index (κ1) is 31.4. The molecule has 1 aromatic heterocycles. The van der Waals surface area contributed by atoms with Crippen molar-refractivity contribution in [3.05, 3.63) is 117 Å². The lowest BCUT2D eigenvalue weighted by molar-refractivity contribution is -0.122. The minimum Gasteiger partial charge on any atom is -0.496 e. The van der Waals surface area contributed by atoms with Gasteiger partial charge in [0.1, 0.15) is 17.5 Å². The quantitative estimate of drug-likeness (QED) is 0.164. The maximum absolute atomic E-state index is 14.3. The van der Waals surface area contributed by atoms with E-state index < -0.39 is 40.8 Å². The lowest BCUT2D eigenvalue weighted by atomic mass is 9.82. The van der Waals surface area contributed by atoms with Crippen LogP contribution in [0.15, 0.2) is 101 Å². The normalized spacial score (nSPS) is 18.4. The highest BCUT2D eigenvalue weighted by molar-refractivity contribution is 8.00. The molecule has 10 nitrogen and oxygen atoms in total. The van der Waals surface area contributed by atoms with E-state index in [4.69, 9.17) is 9.47 Å². The van der Waals surface area contributed by atoms with Crippen molar-refractivity contribution >= 4 is 68.9 Å². The summed E-state index contributed by atoms with van der Waals surface area (Å²) in [5.41, 5.74) is 1.90. The summed E-state index contributed by atoms with van der Waals surface area (Å²) in [6.45, 7) is 1.65. The van der Waals surface area contributed by atoms with Gasteiger partial charge in [0.25, 0.3) is 0 Å². The van der Waals surface area contributed by atoms with Crippen LogP contribution >= 0.6 is 23.1 Å². The van der Waals surface area contributed by atoms with E-state index in [1.54, 1.807) is 31.2 Å². The van der Waals surface area contributed by atoms with Crippen molar-refractivity contribution in [2.75, 3.05) is 23.9 Å². The fourth-order valence-electron chi connectivity index (χ4n) is 6.40. The molecule has 3 heterocycles.